The lowest BCUT2D eigenvalue weighted by atomic mass is 9.92. The average Bonchev–Trinajstić information content (AvgIpc) is 2.59. The first kappa shape index (κ1) is 17.3. The first-order valence-electron chi connectivity index (χ1n) is 8.21. The zero-order chi connectivity index (χ0) is 16.7. The van der Waals surface area contributed by atoms with Crippen molar-refractivity contribution < 1.29 is 4.74 Å². The van der Waals surface area contributed by atoms with Crippen molar-refractivity contribution in [3.05, 3.63) is 77.9 Å². The van der Waals surface area contributed by atoms with Gasteiger partial charge in [-0.1, -0.05) is 68.5 Å². The summed E-state index contributed by atoms with van der Waals surface area (Å²) in [6.07, 6.45) is 0.951. The Bertz CT molecular complexity index is 601. The largest absolute Gasteiger partial charge is 0.489 e. The van der Waals surface area contributed by atoms with Gasteiger partial charge in [-0.05, 0) is 42.6 Å². The van der Waals surface area contributed by atoms with E-state index in [1.807, 2.05) is 37.4 Å². The molecule has 0 saturated heterocycles. The maximum Gasteiger partial charge on any atom is 0.119 e. The van der Waals surface area contributed by atoms with Crippen molar-refractivity contribution in [1.82, 2.24) is 5.32 Å². The van der Waals surface area contributed by atoms with Gasteiger partial charge in [-0.15, -0.1) is 0 Å². The normalized spacial score (nSPS) is 12.2. The van der Waals surface area contributed by atoms with Gasteiger partial charge in [-0.25, -0.2) is 0 Å². The topological polar surface area (TPSA) is 21.3 Å². The predicted octanol–water partition coefficient (Wildman–Crippen LogP) is 4.61. The second-order valence-electron chi connectivity index (χ2n) is 6.19. The molecule has 0 saturated carbocycles. The molecule has 0 bridgehead atoms. The van der Waals surface area contributed by atoms with E-state index in [0.29, 0.717) is 18.6 Å². The maximum absolute atomic E-state index is 5.83. The third-order valence-electron chi connectivity index (χ3n) is 4.15. The molecule has 2 rings (SSSR count). The molecule has 122 valence electrons. The van der Waals surface area contributed by atoms with E-state index in [-0.39, 0.29) is 0 Å². The monoisotopic (exact) mass is 309 g/mol. The van der Waals surface area contributed by atoms with E-state index >= 15 is 0 Å². The quantitative estimate of drug-likeness (QED) is 0.719. The van der Waals surface area contributed by atoms with Gasteiger partial charge < -0.3 is 10.1 Å². The van der Waals surface area contributed by atoms with Crippen LogP contribution in [0.5, 0.6) is 5.75 Å². The van der Waals surface area contributed by atoms with Gasteiger partial charge >= 0.3 is 0 Å². The third-order valence-corrected chi connectivity index (χ3v) is 4.15. The molecule has 2 aromatic carbocycles. The van der Waals surface area contributed by atoms with Gasteiger partial charge in [0.2, 0.25) is 0 Å². The Kier molecular flexibility index (Phi) is 6.42. The number of hydrogen-bond donors (Lipinski definition) is 1. The van der Waals surface area contributed by atoms with Crippen LogP contribution in [0, 0.1) is 5.92 Å². The molecule has 0 amide bonds. The molecule has 0 unspecified atom stereocenters. The summed E-state index contributed by atoms with van der Waals surface area (Å²) in [6, 6.07) is 18.9. The summed E-state index contributed by atoms with van der Waals surface area (Å²) in [6.45, 7) is 9.19. The maximum atomic E-state index is 5.83. The molecule has 2 nitrogen and oxygen atoms in total. The fourth-order valence-electron chi connectivity index (χ4n) is 2.52. The molecule has 1 N–H and O–H groups in total. The lowest BCUT2D eigenvalue weighted by Crippen LogP contribution is -2.31. The number of benzene rings is 2. The van der Waals surface area contributed by atoms with Crippen LogP contribution < -0.4 is 10.1 Å². The van der Waals surface area contributed by atoms with Crippen LogP contribution in [0.2, 0.25) is 0 Å². The fourth-order valence-corrected chi connectivity index (χ4v) is 2.52. The molecule has 0 aliphatic carbocycles. The van der Waals surface area contributed by atoms with Crippen LogP contribution in [-0.2, 0) is 13.0 Å². The minimum atomic E-state index is 0.311. The molecule has 23 heavy (non-hydrogen) atoms. The van der Waals surface area contributed by atoms with Crippen LogP contribution in [-0.4, -0.2) is 13.1 Å². The second-order valence-corrected chi connectivity index (χ2v) is 6.19. The van der Waals surface area contributed by atoms with Gasteiger partial charge in [0.15, 0.2) is 0 Å². The fraction of sp³-hybridized carbons (Fsp3) is 0.333. The third kappa shape index (κ3) is 5.26. The lowest BCUT2D eigenvalue weighted by molar-refractivity contribution is 0.306. The van der Waals surface area contributed by atoms with Crippen molar-refractivity contribution in [3.63, 3.8) is 0 Å². The van der Waals surface area contributed by atoms with Crippen molar-refractivity contribution in [1.29, 1.82) is 0 Å². The minimum Gasteiger partial charge on any atom is -0.489 e. The molecular formula is C21H27NO. The molecule has 1 atom stereocenters. The van der Waals surface area contributed by atoms with Crippen molar-refractivity contribution in [2.75, 3.05) is 7.05 Å². The van der Waals surface area contributed by atoms with Crippen molar-refractivity contribution in [2.45, 2.75) is 32.9 Å². The molecule has 0 spiro atoms. The molecule has 0 aliphatic heterocycles. The zero-order valence-corrected chi connectivity index (χ0v) is 14.4. The molecule has 2 aromatic rings. The molecule has 0 aromatic heterocycles. The van der Waals surface area contributed by atoms with E-state index in [2.05, 4.69) is 50.0 Å². The highest BCUT2D eigenvalue weighted by atomic mass is 16.5. The van der Waals surface area contributed by atoms with E-state index < -0.39 is 0 Å². The van der Waals surface area contributed by atoms with E-state index in [0.717, 1.165) is 12.2 Å². The van der Waals surface area contributed by atoms with Gasteiger partial charge in [0.05, 0.1) is 0 Å². The van der Waals surface area contributed by atoms with Crippen LogP contribution in [0.25, 0.3) is 0 Å². The SMILES string of the molecule is C=C(C(C)C)[C@@H](Cc1ccc(OCc2ccccc2)cc1)NC. The van der Waals surface area contributed by atoms with Crippen LogP contribution >= 0.6 is 0 Å². The molecule has 0 heterocycles. The van der Waals surface area contributed by atoms with Crippen LogP contribution in [0.3, 0.4) is 0 Å². The van der Waals surface area contributed by atoms with Crippen LogP contribution in [0.1, 0.15) is 25.0 Å². The number of likely N-dealkylation sites (N-methyl/N-ethyl adjacent to an activating group) is 1. The predicted molar refractivity (Wildman–Crippen MR) is 97.7 cm³/mol. The van der Waals surface area contributed by atoms with Gasteiger partial charge in [-0.3, -0.25) is 0 Å². The first-order valence-corrected chi connectivity index (χ1v) is 8.21. The highest BCUT2D eigenvalue weighted by Gasteiger charge is 2.13. The number of hydrogen-bond acceptors (Lipinski definition) is 2. The van der Waals surface area contributed by atoms with E-state index in [1.54, 1.807) is 0 Å². The summed E-state index contributed by atoms with van der Waals surface area (Å²) in [5.74, 6) is 1.39. The van der Waals surface area contributed by atoms with E-state index in [9.17, 15) is 0 Å². The van der Waals surface area contributed by atoms with Crippen molar-refractivity contribution in [2.24, 2.45) is 5.92 Å². The minimum absolute atomic E-state index is 0.311. The van der Waals surface area contributed by atoms with Gasteiger partial charge in [0.1, 0.15) is 12.4 Å². The summed E-state index contributed by atoms with van der Waals surface area (Å²) in [4.78, 5) is 0. The van der Waals surface area contributed by atoms with Gasteiger partial charge in [-0.2, -0.15) is 0 Å². The molecule has 0 radical (unpaired) electrons. The lowest BCUT2D eigenvalue weighted by Gasteiger charge is -2.22. The van der Waals surface area contributed by atoms with Crippen LogP contribution in [0.4, 0.5) is 0 Å². The zero-order valence-electron chi connectivity index (χ0n) is 14.4. The molecule has 2 heteroatoms. The summed E-state index contributed by atoms with van der Waals surface area (Å²) >= 11 is 0. The smallest absolute Gasteiger partial charge is 0.119 e. The Morgan fingerprint density at radius 1 is 1.00 bits per heavy atom. The Hall–Kier alpha value is -2.06. The van der Waals surface area contributed by atoms with Gasteiger partial charge in [0.25, 0.3) is 0 Å². The van der Waals surface area contributed by atoms with Crippen molar-refractivity contribution >= 4 is 0 Å². The second kappa shape index (κ2) is 8.54. The highest BCUT2D eigenvalue weighted by molar-refractivity contribution is 5.29. The summed E-state index contributed by atoms with van der Waals surface area (Å²) in [5, 5.41) is 3.36. The Balaban J connectivity index is 1.92. The number of rotatable bonds is 8. The average molecular weight is 309 g/mol. The Labute approximate surface area is 140 Å². The summed E-state index contributed by atoms with van der Waals surface area (Å²) < 4.78 is 5.83. The highest BCUT2D eigenvalue weighted by Crippen LogP contribution is 2.19. The molecular weight excluding hydrogens is 282 g/mol. The Morgan fingerprint density at radius 2 is 1.65 bits per heavy atom. The van der Waals surface area contributed by atoms with Crippen LogP contribution in [0.15, 0.2) is 66.7 Å². The summed E-state index contributed by atoms with van der Waals surface area (Å²) in [7, 11) is 2.00. The molecule has 0 fully saturated rings. The standard InChI is InChI=1S/C21H27NO/c1-16(2)17(3)21(22-4)14-18-10-12-20(13-11-18)23-15-19-8-6-5-7-9-19/h5-13,16,21-22H,3,14-15H2,1-2,4H3/t21-/m1/s1. The van der Waals surface area contributed by atoms with E-state index in [1.165, 1.54) is 16.7 Å². The molecule has 0 aliphatic rings. The summed E-state index contributed by atoms with van der Waals surface area (Å²) in [5.41, 5.74) is 3.72. The first-order chi connectivity index (χ1) is 11.1. The van der Waals surface area contributed by atoms with Crippen molar-refractivity contribution in [3.8, 4) is 5.75 Å². The van der Waals surface area contributed by atoms with Gasteiger partial charge in [0, 0.05) is 6.04 Å². The number of nitrogens with one attached hydrogen (secondary N) is 1. The Morgan fingerprint density at radius 3 is 2.22 bits per heavy atom. The van der Waals surface area contributed by atoms with E-state index in [4.69, 9.17) is 4.74 Å². The number of ether oxygens (including phenoxy) is 1.